The van der Waals surface area contributed by atoms with Crippen LogP contribution < -0.4 is 10.5 Å². The van der Waals surface area contributed by atoms with Crippen LogP contribution in [0.25, 0.3) is 10.2 Å². The third-order valence-corrected chi connectivity index (χ3v) is 4.05. The van der Waals surface area contributed by atoms with E-state index in [9.17, 15) is 0 Å². The lowest BCUT2D eigenvalue weighted by molar-refractivity contribution is 0.442. The standard InChI is InChI=1S/C12H8BrN3OS/c13-10-8(14)2-1-3-9(10)17-12-15-6-7-4-5-18-11(7)16-12/h1-6H,14H2. The minimum Gasteiger partial charge on any atom is -0.423 e. The number of nitrogen functional groups attached to an aromatic ring is 1. The van der Waals surface area contributed by atoms with Gasteiger partial charge in [-0.3, -0.25) is 0 Å². The van der Waals surface area contributed by atoms with Crippen LogP contribution in [-0.4, -0.2) is 9.97 Å². The number of thiophene rings is 1. The van der Waals surface area contributed by atoms with E-state index in [0.29, 0.717) is 21.9 Å². The predicted octanol–water partition coefficient (Wildman–Crippen LogP) is 3.83. The van der Waals surface area contributed by atoms with E-state index in [0.717, 1.165) is 10.2 Å². The minimum atomic E-state index is 0.316. The Labute approximate surface area is 116 Å². The summed E-state index contributed by atoms with van der Waals surface area (Å²) in [6.45, 7) is 0. The van der Waals surface area contributed by atoms with Gasteiger partial charge in [-0.15, -0.1) is 11.3 Å². The summed E-state index contributed by atoms with van der Waals surface area (Å²) in [5, 5.41) is 2.98. The second-order valence-corrected chi connectivity index (χ2v) is 5.28. The maximum atomic E-state index is 5.78. The molecule has 0 saturated carbocycles. The number of fused-ring (bicyclic) bond motifs is 1. The molecule has 1 aromatic carbocycles. The van der Waals surface area contributed by atoms with E-state index in [4.69, 9.17) is 10.5 Å². The topological polar surface area (TPSA) is 61.0 Å². The Morgan fingerprint density at radius 3 is 3.06 bits per heavy atom. The molecule has 4 nitrogen and oxygen atoms in total. The molecule has 0 fully saturated rings. The molecule has 0 atom stereocenters. The summed E-state index contributed by atoms with van der Waals surface area (Å²) in [4.78, 5) is 9.38. The maximum absolute atomic E-state index is 5.78. The van der Waals surface area contributed by atoms with E-state index in [-0.39, 0.29) is 0 Å². The molecule has 0 amide bonds. The number of ether oxygens (including phenoxy) is 1. The van der Waals surface area contributed by atoms with Gasteiger partial charge in [0.25, 0.3) is 0 Å². The molecule has 0 unspecified atom stereocenters. The van der Waals surface area contributed by atoms with Gasteiger partial charge in [-0.2, -0.15) is 4.98 Å². The van der Waals surface area contributed by atoms with Gasteiger partial charge in [0.05, 0.1) is 4.47 Å². The van der Waals surface area contributed by atoms with Crippen molar-refractivity contribution in [1.82, 2.24) is 9.97 Å². The molecule has 2 N–H and O–H groups in total. The Morgan fingerprint density at radius 2 is 2.17 bits per heavy atom. The summed E-state index contributed by atoms with van der Waals surface area (Å²) in [5.74, 6) is 0.603. The number of anilines is 1. The highest BCUT2D eigenvalue weighted by Gasteiger charge is 2.08. The van der Waals surface area contributed by atoms with E-state index in [1.165, 1.54) is 0 Å². The molecular formula is C12H8BrN3OS. The molecule has 3 aromatic rings. The average molecular weight is 322 g/mol. The van der Waals surface area contributed by atoms with E-state index in [2.05, 4.69) is 25.9 Å². The van der Waals surface area contributed by atoms with Gasteiger partial charge in [-0.25, -0.2) is 4.98 Å². The van der Waals surface area contributed by atoms with Crippen LogP contribution in [0.15, 0.2) is 40.3 Å². The zero-order valence-electron chi connectivity index (χ0n) is 9.13. The Kier molecular flexibility index (Phi) is 2.89. The number of rotatable bonds is 2. The molecule has 0 saturated heterocycles. The van der Waals surface area contributed by atoms with Crippen LogP contribution in [0.1, 0.15) is 0 Å². The van der Waals surface area contributed by atoms with Crippen molar-refractivity contribution >= 4 is 43.2 Å². The van der Waals surface area contributed by atoms with Gasteiger partial charge in [0.1, 0.15) is 10.6 Å². The van der Waals surface area contributed by atoms with E-state index in [1.807, 2.05) is 23.6 Å². The monoisotopic (exact) mass is 321 g/mol. The normalized spacial score (nSPS) is 10.7. The van der Waals surface area contributed by atoms with Crippen molar-refractivity contribution in [3.05, 3.63) is 40.3 Å². The Hall–Kier alpha value is -1.66. The van der Waals surface area contributed by atoms with Gasteiger partial charge >= 0.3 is 6.01 Å². The molecule has 90 valence electrons. The molecule has 3 rings (SSSR count). The fourth-order valence-electron chi connectivity index (χ4n) is 1.49. The first-order valence-corrected chi connectivity index (χ1v) is 6.83. The highest BCUT2D eigenvalue weighted by Crippen LogP contribution is 2.33. The highest BCUT2D eigenvalue weighted by molar-refractivity contribution is 9.10. The molecule has 0 spiro atoms. The smallest absolute Gasteiger partial charge is 0.323 e. The van der Waals surface area contributed by atoms with Crippen molar-refractivity contribution in [2.75, 3.05) is 5.73 Å². The summed E-state index contributed by atoms with van der Waals surface area (Å²) >= 11 is 4.93. The number of hydrogen-bond acceptors (Lipinski definition) is 5. The first-order chi connectivity index (χ1) is 8.74. The maximum Gasteiger partial charge on any atom is 0.323 e. The Bertz CT molecular complexity index is 713. The largest absolute Gasteiger partial charge is 0.423 e. The van der Waals surface area contributed by atoms with Crippen molar-refractivity contribution in [3.8, 4) is 11.8 Å². The van der Waals surface area contributed by atoms with Crippen molar-refractivity contribution in [3.63, 3.8) is 0 Å². The Balaban J connectivity index is 1.98. The molecular weight excluding hydrogens is 314 g/mol. The van der Waals surface area contributed by atoms with Crippen LogP contribution in [0.4, 0.5) is 5.69 Å². The lowest BCUT2D eigenvalue weighted by atomic mass is 10.3. The summed E-state index contributed by atoms with van der Waals surface area (Å²) in [6.07, 6.45) is 1.74. The second-order valence-electron chi connectivity index (χ2n) is 3.60. The van der Waals surface area contributed by atoms with Crippen molar-refractivity contribution in [1.29, 1.82) is 0 Å². The zero-order chi connectivity index (χ0) is 12.5. The van der Waals surface area contributed by atoms with Crippen molar-refractivity contribution < 1.29 is 4.74 Å². The summed E-state index contributed by atoms with van der Waals surface area (Å²) in [5.41, 5.74) is 6.40. The second kappa shape index (κ2) is 4.55. The van der Waals surface area contributed by atoms with E-state index < -0.39 is 0 Å². The highest BCUT2D eigenvalue weighted by atomic mass is 79.9. The van der Waals surface area contributed by atoms with Crippen LogP contribution in [0.2, 0.25) is 0 Å². The predicted molar refractivity (Wildman–Crippen MR) is 76.0 cm³/mol. The molecule has 2 heterocycles. The summed E-state index contributed by atoms with van der Waals surface area (Å²) in [6, 6.07) is 7.71. The third kappa shape index (κ3) is 2.04. The van der Waals surface area contributed by atoms with Gasteiger partial charge in [0.2, 0.25) is 0 Å². The Morgan fingerprint density at radius 1 is 1.28 bits per heavy atom. The van der Waals surface area contributed by atoms with Crippen molar-refractivity contribution in [2.45, 2.75) is 0 Å². The molecule has 0 radical (unpaired) electrons. The minimum absolute atomic E-state index is 0.316. The van der Waals surface area contributed by atoms with Gasteiger partial charge in [0, 0.05) is 17.3 Å². The fourth-order valence-corrected chi connectivity index (χ4v) is 2.57. The number of nitrogens with zero attached hydrogens (tertiary/aromatic N) is 2. The molecule has 6 heteroatoms. The van der Waals surface area contributed by atoms with E-state index in [1.54, 1.807) is 23.6 Å². The van der Waals surface area contributed by atoms with Crippen LogP contribution in [0, 0.1) is 0 Å². The van der Waals surface area contributed by atoms with Crippen LogP contribution in [0.5, 0.6) is 11.8 Å². The molecule has 2 aromatic heterocycles. The van der Waals surface area contributed by atoms with Crippen LogP contribution >= 0.6 is 27.3 Å². The SMILES string of the molecule is Nc1cccc(Oc2ncc3ccsc3n2)c1Br. The average Bonchev–Trinajstić information content (AvgIpc) is 2.82. The van der Waals surface area contributed by atoms with Crippen LogP contribution in [0.3, 0.4) is 0 Å². The van der Waals surface area contributed by atoms with Crippen LogP contribution in [-0.2, 0) is 0 Å². The van der Waals surface area contributed by atoms with Gasteiger partial charge in [0.15, 0.2) is 0 Å². The number of benzene rings is 1. The summed E-state index contributed by atoms with van der Waals surface area (Å²) < 4.78 is 6.33. The van der Waals surface area contributed by atoms with Gasteiger partial charge in [-0.05, 0) is 39.5 Å². The van der Waals surface area contributed by atoms with Gasteiger partial charge in [-0.1, -0.05) is 6.07 Å². The zero-order valence-corrected chi connectivity index (χ0v) is 11.5. The number of halogens is 1. The quantitative estimate of drug-likeness (QED) is 0.729. The molecule has 0 aliphatic rings. The first kappa shape index (κ1) is 11.4. The molecule has 0 aliphatic heterocycles. The number of nitrogens with two attached hydrogens (primary N) is 1. The van der Waals surface area contributed by atoms with Crippen molar-refractivity contribution in [2.24, 2.45) is 0 Å². The third-order valence-electron chi connectivity index (χ3n) is 2.38. The lowest BCUT2D eigenvalue weighted by Crippen LogP contribution is -1.94. The first-order valence-electron chi connectivity index (χ1n) is 5.16. The molecule has 0 bridgehead atoms. The number of hydrogen-bond donors (Lipinski definition) is 1. The van der Waals surface area contributed by atoms with E-state index >= 15 is 0 Å². The number of aromatic nitrogens is 2. The molecule has 0 aliphatic carbocycles. The summed E-state index contributed by atoms with van der Waals surface area (Å²) in [7, 11) is 0. The van der Waals surface area contributed by atoms with Gasteiger partial charge < -0.3 is 10.5 Å². The molecule has 18 heavy (non-hydrogen) atoms. The fraction of sp³-hybridized carbons (Fsp3) is 0. The lowest BCUT2D eigenvalue weighted by Gasteiger charge is -2.07.